The minimum absolute atomic E-state index is 0.360. The largest absolute Gasteiger partial charge is 0.479 e. The first kappa shape index (κ1) is 14.5. The van der Waals surface area contributed by atoms with Crippen molar-refractivity contribution in [1.29, 1.82) is 0 Å². The predicted octanol–water partition coefficient (Wildman–Crippen LogP) is 2.09. The van der Waals surface area contributed by atoms with E-state index in [2.05, 4.69) is 38.4 Å². The highest BCUT2D eigenvalue weighted by Gasteiger charge is 2.30. The third kappa shape index (κ3) is 2.46. The Hall–Kier alpha value is -1.40. The number of aromatic nitrogens is 4. The molecule has 0 aromatic carbocycles. The molecule has 1 aliphatic rings. The van der Waals surface area contributed by atoms with E-state index in [9.17, 15) is 0 Å². The van der Waals surface area contributed by atoms with Gasteiger partial charge in [-0.25, -0.2) is 9.97 Å². The summed E-state index contributed by atoms with van der Waals surface area (Å²) in [6.45, 7) is 4.40. The highest BCUT2D eigenvalue weighted by Crippen LogP contribution is 2.33. The van der Waals surface area contributed by atoms with Crippen molar-refractivity contribution in [2.75, 3.05) is 27.2 Å². The van der Waals surface area contributed by atoms with Gasteiger partial charge in [0.2, 0.25) is 5.88 Å². The number of hydrogen-bond acceptors (Lipinski definition) is 5. The van der Waals surface area contributed by atoms with Gasteiger partial charge in [0, 0.05) is 12.6 Å². The number of methoxy groups -OCH3 is 1. The average molecular weight is 310 g/mol. The van der Waals surface area contributed by atoms with E-state index in [-0.39, 0.29) is 0 Å². The highest BCUT2D eigenvalue weighted by atomic mass is 35.5. The SMILES string of the molecule is COc1ncnc2c1nc(CCl)n2C1CCN(C)CC1C. The number of fused-ring (bicyclic) bond motifs is 1. The zero-order valence-corrected chi connectivity index (χ0v) is 13.3. The van der Waals surface area contributed by atoms with Gasteiger partial charge in [-0.15, -0.1) is 11.6 Å². The zero-order valence-electron chi connectivity index (χ0n) is 12.6. The van der Waals surface area contributed by atoms with E-state index < -0.39 is 0 Å². The molecule has 3 rings (SSSR count). The monoisotopic (exact) mass is 309 g/mol. The molecule has 0 radical (unpaired) electrons. The summed E-state index contributed by atoms with van der Waals surface area (Å²) in [5.74, 6) is 2.22. The molecule has 2 aromatic rings. The lowest BCUT2D eigenvalue weighted by molar-refractivity contribution is 0.159. The van der Waals surface area contributed by atoms with Crippen LogP contribution in [0.3, 0.4) is 0 Å². The van der Waals surface area contributed by atoms with Crippen LogP contribution in [0.5, 0.6) is 5.88 Å². The second-order valence-electron chi connectivity index (χ2n) is 5.68. The van der Waals surface area contributed by atoms with Crippen LogP contribution in [0.15, 0.2) is 6.33 Å². The molecule has 0 bridgehead atoms. The first-order valence-corrected chi connectivity index (χ1v) is 7.69. The lowest BCUT2D eigenvalue weighted by Crippen LogP contribution is -2.38. The van der Waals surface area contributed by atoms with E-state index in [0.29, 0.717) is 29.2 Å². The van der Waals surface area contributed by atoms with Crippen LogP contribution < -0.4 is 4.74 Å². The van der Waals surface area contributed by atoms with Gasteiger partial charge < -0.3 is 14.2 Å². The molecule has 1 aliphatic heterocycles. The zero-order chi connectivity index (χ0) is 15.0. The van der Waals surface area contributed by atoms with Crippen molar-refractivity contribution in [2.45, 2.75) is 25.3 Å². The molecule has 1 fully saturated rings. The van der Waals surface area contributed by atoms with Crippen LogP contribution in [-0.2, 0) is 5.88 Å². The molecule has 21 heavy (non-hydrogen) atoms. The summed E-state index contributed by atoms with van der Waals surface area (Å²) in [6.07, 6.45) is 2.59. The van der Waals surface area contributed by atoms with Gasteiger partial charge in [-0.05, 0) is 25.9 Å². The Kier molecular flexibility index (Phi) is 3.99. The van der Waals surface area contributed by atoms with E-state index in [0.717, 1.165) is 31.0 Å². The number of imidazole rings is 1. The van der Waals surface area contributed by atoms with Gasteiger partial charge in [-0.2, -0.15) is 4.98 Å². The van der Waals surface area contributed by atoms with Gasteiger partial charge in [-0.1, -0.05) is 6.92 Å². The minimum Gasteiger partial charge on any atom is -0.479 e. The van der Waals surface area contributed by atoms with E-state index in [1.54, 1.807) is 7.11 Å². The number of likely N-dealkylation sites (tertiary alicyclic amines) is 1. The maximum Gasteiger partial charge on any atom is 0.245 e. The van der Waals surface area contributed by atoms with Gasteiger partial charge in [0.05, 0.1) is 13.0 Å². The second kappa shape index (κ2) is 5.77. The topological polar surface area (TPSA) is 56.1 Å². The first-order valence-electron chi connectivity index (χ1n) is 7.16. The van der Waals surface area contributed by atoms with Crippen LogP contribution in [0.4, 0.5) is 0 Å². The van der Waals surface area contributed by atoms with Gasteiger partial charge in [0.1, 0.15) is 12.2 Å². The molecule has 2 atom stereocenters. The van der Waals surface area contributed by atoms with Crippen molar-refractivity contribution in [1.82, 2.24) is 24.4 Å². The Bertz CT molecular complexity index is 644. The van der Waals surface area contributed by atoms with E-state index in [4.69, 9.17) is 16.3 Å². The smallest absolute Gasteiger partial charge is 0.245 e. The molecule has 2 unspecified atom stereocenters. The summed E-state index contributed by atoms with van der Waals surface area (Å²) in [7, 11) is 3.76. The molecule has 1 saturated heterocycles. The van der Waals surface area contributed by atoms with Crippen LogP contribution in [0.2, 0.25) is 0 Å². The lowest BCUT2D eigenvalue weighted by atomic mass is 9.94. The summed E-state index contributed by atoms with van der Waals surface area (Å²) in [6, 6.07) is 0.361. The van der Waals surface area contributed by atoms with Crippen LogP contribution in [0.1, 0.15) is 25.2 Å². The number of hydrogen-bond donors (Lipinski definition) is 0. The van der Waals surface area contributed by atoms with Crippen molar-refractivity contribution < 1.29 is 4.74 Å². The number of alkyl halides is 1. The number of halogens is 1. The normalized spacial score (nSPS) is 23.6. The molecule has 2 aromatic heterocycles. The summed E-state index contributed by atoms with van der Waals surface area (Å²) < 4.78 is 7.48. The predicted molar refractivity (Wildman–Crippen MR) is 81.7 cm³/mol. The Labute approximate surface area is 129 Å². The number of nitrogens with zero attached hydrogens (tertiary/aromatic N) is 5. The second-order valence-corrected chi connectivity index (χ2v) is 5.95. The Balaban J connectivity index is 2.12. The fraction of sp³-hybridized carbons (Fsp3) is 0.643. The van der Waals surface area contributed by atoms with Gasteiger partial charge in [0.15, 0.2) is 11.2 Å². The highest BCUT2D eigenvalue weighted by molar-refractivity contribution is 6.16. The van der Waals surface area contributed by atoms with Crippen LogP contribution >= 0.6 is 11.6 Å². The van der Waals surface area contributed by atoms with E-state index >= 15 is 0 Å². The third-order valence-corrected chi connectivity index (χ3v) is 4.46. The fourth-order valence-electron chi connectivity index (χ4n) is 3.25. The van der Waals surface area contributed by atoms with Crippen molar-refractivity contribution in [3.05, 3.63) is 12.2 Å². The van der Waals surface area contributed by atoms with Crippen LogP contribution in [-0.4, -0.2) is 51.7 Å². The maximum absolute atomic E-state index is 6.11. The van der Waals surface area contributed by atoms with E-state index in [1.807, 2.05) is 0 Å². The average Bonchev–Trinajstić information content (AvgIpc) is 2.85. The molecule has 0 aliphatic carbocycles. The number of piperidine rings is 1. The fourth-order valence-corrected chi connectivity index (χ4v) is 3.44. The molecule has 6 nitrogen and oxygen atoms in total. The Morgan fingerprint density at radius 3 is 2.90 bits per heavy atom. The molecule has 0 spiro atoms. The molecule has 0 amide bonds. The summed E-state index contributed by atoms with van der Waals surface area (Å²) in [5, 5.41) is 0. The summed E-state index contributed by atoms with van der Waals surface area (Å²) in [5.41, 5.74) is 1.51. The Morgan fingerprint density at radius 1 is 1.43 bits per heavy atom. The molecule has 0 saturated carbocycles. The standard InChI is InChI=1S/C14H20ClN5O/c1-9-7-19(2)5-4-10(9)20-11(6-15)18-12-13(20)16-8-17-14(12)21-3/h8-10H,4-7H2,1-3H3. The van der Waals surface area contributed by atoms with Gasteiger partial charge >= 0.3 is 0 Å². The molecular formula is C14H20ClN5O. The summed E-state index contributed by atoms with van der Waals surface area (Å²) >= 11 is 6.11. The van der Waals surface area contributed by atoms with Crippen molar-refractivity contribution in [3.8, 4) is 5.88 Å². The van der Waals surface area contributed by atoms with Crippen molar-refractivity contribution in [3.63, 3.8) is 0 Å². The molecule has 7 heteroatoms. The minimum atomic E-state index is 0.360. The molecule has 0 N–H and O–H groups in total. The van der Waals surface area contributed by atoms with Crippen LogP contribution in [0.25, 0.3) is 11.2 Å². The number of rotatable bonds is 3. The van der Waals surface area contributed by atoms with Crippen molar-refractivity contribution >= 4 is 22.8 Å². The van der Waals surface area contributed by atoms with Gasteiger partial charge in [-0.3, -0.25) is 0 Å². The maximum atomic E-state index is 6.11. The molecule has 114 valence electrons. The lowest BCUT2D eigenvalue weighted by Gasteiger charge is -2.36. The molecule has 3 heterocycles. The van der Waals surface area contributed by atoms with Crippen molar-refractivity contribution in [2.24, 2.45) is 5.92 Å². The summed E-state index contributed by atoms with van der Waals surface area (Å²) in [4.78, 5) is 15.5. The quantitative estimate of drug-likeness (QED) is 0.813. The van der Waals surface area contributed by atoms with Gasteiger partial charge in [0.25, 0.3) is 0 Å². The third-order valence-electron chi connectivity index (χ3n) is 4.22. The van der Waals surface area contributed by atoms with Crippen LogP contribution in [0, 0.1) is 5.92 Å². The van der Waals surface area contributed by atoms with E-state index in [1.165, 1.54) is 6.33 Å². The first-order chi connectivity index (χ1) is 10.2. The molecular weight excluding hydrogens is 290 g/mol. The Morgan fingerprint density at radius 2 is 2.24 bits per heavy atom. The number of ether oxygens (including phenoxy) is 1.